The fourth-order valence-corrected chi connectivity index (χ4v) is 3.38. The molecule has 0 bridgehead atoms. The molecule has 0 unspecified atom stereocenters. The Morgan fingerprint density at radius 2 is 1.73 bits per heavy atom. The van der Waals surface area contributed by atoms with Gasteiger partial charge in [-0.15, -0.1) is 0 Å². The molecule has 0 heterocycles. The Bertz CT molecular complexity index is 880. The fraction of sp³-hybridized carbons (Fsp3) is 0.316. The highest BCUT2D eigenvalue weighted by Crippen LogP contribution is 2.21. The van der Waals surface area contributed by atoms with Crippen molar-refractivity contribution in [1.82, 2.24) is 5.32 Å². The summed E-state index contributed by atoms with van der Waals surface area (Å²) in [6.45, 7) is 4.18. The van der Waals surface area contributed by atoms with Crippen LogP contribution in [-0.2, 0) is 21.4 Å². The number of carbonyl (C=O) groups is 1. The number of benzene rings is 2. The number of nitrogens with one attached hydrogen (secondary N) is 1. The van der Waals surface area contributed by atoms with Crippen molar-refractivity contribution in [1.29, 1.82) is 0 Å². The van der Waals surface area contributed by atoms with Crippen LogP contribution in [0.25, 0.3) is 0 Å². The van der Waals surface area contributed by atoms with Crippen LogP contribution in [-0.4, -0.2) is 27.1 Å². The van der Waals surface area contributed by atoms with Crippen LogP contribution in [0, 0.1) is 19.7 Å². The zero-order valence-electron chi connectivity index (χ0n) is 15.1. The van der Waals surface area contributed by atoms with Gasteiger partial charge in [0, 0.05) is 19.5 Å². The quantitative estimate of drug-likeness (QED) is 0.806. The first-order valence-electron chi connectivity index (χ1n) is 8.23. The van der Waals surface area contributed by atoms with Crippen LogP contribution in [0.1, 0.15) is 23.1 Å². The van der Waals surface area contributed by atoms with Crippen LogP contribution < -0.4 is 9.62 Å². The maximum atomic E-state index is 12.9. The minimum absolute atomic E-state index is 0.0290. The van der Waals surface area contributed by atoms with Crippen LogP contribution in [0.5, 0.6) is 0 Å². The lowest BCUT2D eigenvalue weighted by Gasteiger charge is -2.23. The van der Waals surface area contributed by atoms with Gasteiger partial charge < -0.3 is 5.32 Å². The van der Waals surface area contributed by atoms with Crippen LogP contribution >= 0.6 is 0 Å². The third kappa shape index (κ3) is 5.56. The van der Waals surface area contributed by atoms with Gasteiger partial charge in [0.15, 0.2) is 0 Å². The molecule has 5 nitrogen and oxygen atoms in total. The van der Waals surface area contributed by atoms with E-state index in [4.69, 9.17) is 0 Å². The minimum Gasteiger partial charge on any atom is -0.352 e. The molecule has 0 aliphatic carbocycles. The van der Waals surface area contributed by atoms with Gasteiger partial charge in [-0.05, 0) is 54.8 Å². The van der Waals surface area contributed by atoms with Crippen molar-refractivity contribution in [3.63, 3.8) is 0 Å². The Kier molecular flexibility index (Phi) is 6.37. The second-order valence-corrected chi connectivity index (χ2v) is 8.16. The summed E-state index contributed by atoms with van der Waals surface area (Å²) in [4.78, 5) is 12.1. The molecule has 2 rings (SSSR count). The molecule has 0 spiro atoms. The Hall–Kier alpha value is -2.41. The molecule has 0 aliphatic rings. The van der Waals surface area contributed by atoms with Gasteiger partial charge in [0.1, 0.15) is 5.82 Å². The molecule has 2 aromatic carbocycles. The normalized spacial score (nSPS) is 11.2. The summed E-state index contributed by atoms with van der Waals surface area (Å²) >= 11 is 0. The third-order valence-electron chi connectivity index (χ3n) is 4.12. The summed E-state index contributed by atoms with van der Waals surface area (Å²) in [5.74, 6) is -0.607. The van der Waals surface area contributed by atoms with E-state index in [1.54, 1.807) is 24.3 Å². The van der Waals surface area contributed by atoms with E-state index in [0.29, 0.717) is 5.69 Å². The summed E-state index contributed by atoms with van der Waals surface area (Å²) in [5, 5.41) is 2.71. The predicted molar refractivity (Wildman–Crippen MR) is 101 cm³/mol. The van der Waals surface area contributed by atoms with Gasteiger partial charge in [0.2, 0.25) is 15.9 Å². The number of rotatable bonds is 7. The van der Waals surface area contributed by atoms with E-state index in [9.17, 15) is 17.6 Å². The zero-order valence-corrected chi connectivity index (χ0v) is 15.9. The highest BCUT2D eigenvalue weighted by molar-refractivity contribution is 7.92. The molecule has 0 saturated heterocycles. The third-order valence-corrected chi connectivity index (χ3v) is 5.32. The second kappa shape index (κ2) is 8.31. The van der Waals surface area contributed by atoms with E-state index >= 15 is 0 Å². The molecular formula is C19H23FN2O3S. The number of anilines is 1. The predicted octanol–water partition coefficient (Wildman–Crippen LogP) is 2.92. The van der Waals surface area contributed by atoms with Crippen molar-refractivity contribution >= 4 is 21.6 Å². The monoisotopic (exact) mass is 378 g/mol. The average Bonchev–Trinajstić information content (AvgIpc) is 2.56. The Labute approximate surface area is 153 Å². The SMILES string of the molecule is Cc1ccc(N(CCC(=O)NCc2ccc(F)cc2)S(C)(=O)=O)cc1C. The average molecular weight is 378 g/mol. The van der Waals surface area contributed by atoms with E-state index in [-0.39, 0.29) is 31.2 Å². The molecule has 1 N–H and O–H groups in total. The summed E-state index contributed by atoms with van der Waals surface area (Å²) in [7, 11) is -3.50. The zero-order chi connectivity index (χ0) is 19.3. The van der Waals surface area contributed by atoms with E-state index in [1.165, 1.54) is 16.4 Å². The number of nitrogens with zero attached hydrogens (tertiary/aromatic N) is 1. The maximum absolute atomic E-state index is 12.9. The highest BCUT2D eigenvalue weighted by atomic mass is 32.2. The second-order valence-electron chi connectivity index (χ2n) is 6.26. The van der Waals surface area contributed by atoms with E-state index < -0.39 is 10.0 Å². The van der Waals surface area contributed by atoms with Gasteiger partial charge >= 0.3 is 0 Å². The number of carbonyl (C=O) groups excluding carboxylic acids is 1. The van der Waals surface area contributed by atoms with Crippen molar-refractivity contribution in [2.75, 3.05) is 17.1 Å². The molecule has 7 heteroatoms. The van der Waals surface area contributed by atoms with Gasteiger partial charge in [-0.2, -0.15) is 0 Å². The number of amides is 1. The number of hydrogen-bond donors (Lipinski definition) is 1. The van der Waals surface area contributed by atoms with Crippen molar-refractivity contribution in [3.8, 4) is 0 Å². The largest absolute Gasteiger partial charge is 0.352 e. The van der Waals surface area contributed by atoms with Crippen LogP contribution in [0.2, 0.25) is 0 Å². The minimum atomic E-state index is -3.50. The van der Waals surface area contributed by atoms with Crippen molar-refractivity contribution < 1.29 is 17.6 Å². The van der Waals surface area contributed by atoms with Crippen LogP contribution in [0.3, 0.4) is 0 Å². The topological polar surface area (TPSA) is 66.5 Å². The van der Waals surface area contributed by atoms with E-state index in [2.05, 4.69) is 5.32 Å². The molecule has 0 aromatic heterocycles. The lowest BCUT2D eigenvalue weighted by atomic mass is 10.1. The highest BCUT2D eigenvalue weighted by Gasteiger charge is 2.19. The van der Waals surface area contributed by atoms with Crippen molar-refractivity contribution in [2.24, 2.45) is 0 Å². The molecule has 2 aromatic rings. The molecule has 1 amide bonds. The lowest BCUT2D eigenvalue weighted by molar-refractivity contribution is -0.121. The lowest BCUT2D eigenvalue weighted by Crippen LogP contribution is -2.34. The number of sulfonamides is 1. The van der Waals surface area contributed by atoms with Crippen molar-refractivity contribution in [3.05, 3.63) is 65.0 Å². The van der Waals surface area contributed by atoms with E-state index in [1.807, 2.05) is 19.9 Å². The molecule has 0 atom stereocenters. The summed E-state index contributed by atoms with van der Waals surface area (Å²) < 4.78 is 38.3. The first kappa shape index (κ1) is 19.9. The first-order valence-corrected chi connectivity index (χ1v) is 10.1. The van der Waals surface area contributed by atoms with E-state index in [0.717, 1.165) is 22.9 Å². The fourth-order valence-electron chi connectivity index (χ4n) is 2.46. The summed E-state index contributed by atoms with van der Waals surface area (Å²) in [6.07, 6.45) is 1.15. The standard InChI is InChI=1S/C19H23FN2O3S/c1-14-4-9-18(12-15(14)2)22(26(3,24)25)11-10-19(23)21-13-16-5-7-17(20)8-6-16/h4-9,12H,10-11,13H2,1-3H3,(H,21,23). The van der Waals surface area contributed by atoms with Gasteiger partial charge in [0.05, 0.1) is 11.9 Å². The molecule has 0 radical (unpaired) electrons. The maximum Gasteiger partial charge on any atom is 0.232 e. The van der Waals surface area contributed by atoms with Gasteiger partial charge in [0.25, 0.3) is 0 Å². The molecule has 0 aliphatic heterocycles. The number of halogens is 1. The Morgan fingerprint density at radius 1 is 1.08 bits per heavy atom. The summed E-state index contributed by atoms with van der Waals surface area (Å²) in [5.41, 5.74) is 3.37. The molecule has 0 saturated carbocycles. The molecule has 140 valence electrons. The Balaban J connectivity index is 1.99. The first-order chi connectivity index (χ1) is 12.2. The Morgan fingerprint density at radius 3 is 2.31 bits per heavy atom. The number of aryl methyl sites for hydroxylation is 2. The molecule has 26 heavy (non-hydrogen) atoms. The smallest absolute Gasteiger partial charge is 0.232 e. The summed E-state index contributed by atoms with van der Waals surface area (Å²) in [6, 6.07) is 11.2. The van der Waals surface area contributed by atoms with Crippen molar-refractivity contribution in [2.45, 2.75) is 26.8 Å². The van der Waals surface area contributed by atoms with Crippen LogP contribution in [0.4, 0.5) is 10.1 Å². The van der Waals surface area contributed by atoms with Crippen LogP contribution in [0.15, 0.2) is 42.5 Å². The number of hydrogen-bond acceptors (Lipinski definition) is 3. The molecular weight excluding hydrogens is 355 g/mol. The van der Waals surface area contributed by atoms with Gasteiger partial charge in [-0.25, -0.2) is 12.8 Å². The molecule has 0 fully saturated rings. The van der Waals surface area contributed by atoms with Gasteiger partial charge in [-0.3, -0.25) is 9.10 Å². The van der Waals surface area contributed by atoms with Gasteiger partial charge in [-0.1, -0.05) is 18.2 Å².